The summed E-state index contributed by atoms with van der Waals surface area (Å²) in [5.41, 5.74) is 0.0370. The summed E-state index contributed by atoms with van der Waals surface area (Å²) in [5.74, 6) is -4.14. The fourth-order valence-electron chi connectivity index (χ4n) is 4.99. The summed E-state index contributed by atoms with van der Waals surface area (Å²) >= 11 is 0. The summed E-state index contributed by atoms with van der Waals surface area (Å²) < 4.78 is 10.4. The zero-order valence-corrected chi connectivity index (χ0v) is 29.7. The van der Waals surface area contributed by atoms with Gasteiger partial charge < -0.3 is 41.0 Å². The highest BCUT2D eigenvalue weighted by atomic mass is 16.6. The number of nitrogens with one attached hydrogen (secondary N) is 5. The fraction of sp³-hybridized carbons (Fsp3) is 0.618. The van der Waals surface area contributed by atoms with Crippen molar-refractivity contribution in [1.29, 1.82) is 0 Å². The smallest absolute Gasteiger partial charge is 0.408 e. The number of carbonyl (C=O) groups is 7. The summed E-state index contributed by atoms with van der Waals surface area (Å²) in [7, 11) is 0. The molecule has 0 spiro atoms. The lowest BCUT2D eigenvalue weighted by Crippen LogP contribution is -2.57. The molecule has 5 N–H and O–H groups in total. The van der Waals surface area contributed by atoms with Crippen LogP contribution in [0.1, 0.15) is 73.8 Å². The average Bonchev–Trinajstić information content (AvgIpc) is 3.52. The zero-order valence-electron chi connectivity index (χ0n) is 29.7. The van der Waals surface area contributed by atoms with E-state index in [0.29, 0.717) is 12.8 Å². The normalized spacial score (nSPS) is 16.2. The van der Waals surface area contributed by atoms with Crippen LogP contribution in [0.25, 0.3) is 0 Å². The van der Waals surface area contributed by atoms with Gasteiger partial charge in [0, 0.05) is 6.54 Å². The Morgan fingerprint density at radius 2 is 1.43 bits per heavy atom. The first-order valence-electron chi connectivity index (χ1n) is 16.5. The highest BCUT2D eigenvalue weighted by molar-refractivity contribution is 5.95. The van der Waals surface area contributed by atoms with Gasteiger partial charge in [-0.2, -0.15) is 0 Å². The molecule has 0 radical (unpaired) electrons. The third-order valence-electron chi connectivity index (χ3n) is 7.53. The molecule has 1 aromatic rings. The van der Waals surface area contributed by atoms with Gasteiger partial charge in [-0.15, -0.1) is 0 Å². The molecule has 1 aliphatic heterocycles. The first-order valence-corrected chi connectivity index (χ1v) is 16.5. The Morgan fingerprint density at radius 1 is 0.816 bits per heavy atom. The van der Waals surface area contributed by atoms with E-state index in [1.807, 2.05) is 18.2 Å². The summed E-state index contributed by atoms with van der Waals surface area (Å²) in [5, 5.41) is 12.8. The van der Waals surface area contributed by atoms with Crippen molar-refractivity contribution in [3.63, 3.8) is 0 Å². The van der Waals surface area contributed by atoms with E-state index >= 15 is 0 Å². The van der Waals surface area contributed by atoms with Gasteiger partial charge in [0.15, 0.2) is 0 Å². The Kier molecular flexibility index (Phi) is 15.5. The quantitative estimate of drug-likeness (QED) is 0.168. The molecule has 1 fully saturated rings. The van der Waals surface area contributed by atoms with Crippen molar-refractivity contribution in [3.8, 4) is 0 Å². The molecule has 0 bridgehead atoms. The molecule has 15 nitrogen and oxygen atoms in total. The molecule has 15 heteroatoms. The number of amides is 6. The number of esters is 1. The number of ether oxygens (including phenoxy) is 2. The van der Waals surface area contributed by atoms with Crippen LogP contribution in [-0.4, -0.2) is 95.9 Å². The van der Waals surface area contributed by atoms with Crippen LogP contribution in [-0.2, 0) is 44.8 Å². The summed E-state index contributed by atoms with van der Waals surface area (Å²) in [6.07, 6.45) is 0.126. The van der Waals surface area contributed by atoms with E-state index in [1.165, 1.54) is 11.8 Å². The lowest BCUT2D eigenvalue weighted by Gasteiger charge is -2.29. The Hall–Kier alpha value is -4.69. The lowest BCUT2D eigenvalue weighted by molar-refractivity contribution is -0.145. The molecule has 49 heavy (non-hydrogen) atoms. The minimum absolute atomic E-state index is 0.0586. The highest BCUT2D eigenvalue weighted by Crippen LogP contribution is 2.19. The average molecular weight is 689 g/mol. The summed E-state index contributed by atoms with van der Waals surface area (Å²) in [4.78, 5) is 90.6. The van der Waals surface area contributed by atoms with Crippen molar-refractivity contribution >= 4 is 41.6 Å². The van der Waals surface area contributed by atoms with Gasteiger partial charge >= 0.3 is 12.1 Å². The summed E-state index contributed by atoms with van der Waals surface area (Å²) in [6, 6.07) is 5.24. The Bertz CT molecular complexity index is 1330. The van der Waals surface area contributed by atoms with Crippen molar-refractivity contribution in [1.82, 2.24) is 31.5 Å². The highest BCUT2D eigenvalue weighted by Gasteiger charge is 2.37. The molecule has 1 aliphatic rings. The number of carbonyl (C=O) groups excluding carboxylic acids is 7. The molecule has 1 heterocycles. The van der Waals surface area contributed by atoms with Gasteiger partial charge in [0.25, 0.3) is 0 Å². The van der Waals surface area contributed by atoms with E-state index in [0.717, 1.165) is 5.56 Å². The number of rotatable bonds is 15. The van der Waals surface area contributed by atoms with E-state index in [9.17, 15) is 33.6 Å². The van der Waals surface area contributed by atoms with E-state index < -0.39 is 77.9 Å². The van der Waals surface area contributed by atoms with E-state index in [4.69, 9.17) is 9.47 Å². The maximum absolute atomic E-state index is 13.3. The van der Waals surface area contributed by atoms with Gasteiger partial charge in [-0.25, -0.2) is 4.79 Å². The number of likely N-dealkylation sites (tertiary alicyclic amines) is 1. The molecule has 1 saturated heterocycles. The second-order valence-electron chi connectivity index (χ2n) is 13.7. The minimum atomic E-state index is -1.01. The van der Waals surface area contributed by atoms with Gasteiger partial charge in [-0.3, -0.25) is 28.8 Å². The van der Waals surface area contributed by atoms with Crippen LogP contribution in [0.3, 0.4) is 0 Å². The van der Waals surface area contributed by atoms with Crippen molar-refractivity contribution < 1.29 is 43.0 Å². The molecule has 6 amide bonds. The van der Waals surface area contributed by atoms with Crippen LogP contribution < -0.4 is 26.6 Å². The van der Waals surface area contributed by atoms with Crippen molar-refractivity contribution in [3.05, 3.63) is 35.9 Å². The summed E-state index contributed by atoms with van der Waals surface area (Å²) in [6.45, 7) is 13.0. The maximum atomic E-state index is 13.3. The molecule has 4 unspecified atom stereocenters. The molecule has 0 saturated carbocycles. The van der Waals surface area contributed by atoms with Crippen molar-refractivity contribution in [2.75, 3.05) is 19.6 Å². The third-order valence-corrected chi connectivity index (χ3v) is 7.53. The predicted molar refractivity (Wildman–Crippen MR) is 179 cm³/mol. The number of hydrogen-bond donors (Lipinski definition) is 5. The number of hydrogen-bond acceptors (Lipinski definition) is 9. The van der Waals surface area contributed by atoms with Gasteiger partial charge in [0.2, 0.25) is 29.5 Å². The molecule has 272 valence electrons. The van der Waals surface area contributed by atoms with Crippen LogP contribution in [0.15, 0.2) is 30.3 Å². The van der Waals surface area contributed by atoms with E-state index in [1.54, 1.807) is 60.6 Å². The van der Waals surface area contributed by atoms with E-state index in [2.05, 4.69) is 26.6 Å². The van der Waals surface area contributed by atoms with E-state index in [-0.39, 0.29) is 31.5 Å². The first-order chi connectivity index (χ1) is 22.9. The standard InChI is InChI=1S/C34H52N6O9/c1-20(2)27(30(44)36-18-26(42)48-19-23-13-10-9-11-14-23)38-25(41)17-35-29(43)24-15-12-16-40(24)32(46)22(5)37-31(45)28(21(3)4)39-33(47)49-34(6,7)8/h9-11,13-14,20-22,24,27-28H,12,15-19H2,1-8H3,(H,35,43)(H,36,44)(H,37,45)(H,38,41)(H,39,47). The lowest BCUT2D eigenvalue weighted by atomic mass is 10.0. The number of alkyl carbamates (subject to hydrolysis) is 1. The van der Waals surface area contributed by atoms with Crippen LogP contribution in [0.4, 0.5) is 4.79 Å². The number of benzene rings is 1. The van der Waals surface area contributed by atoms with Crippen LogP contribution in [0.5, 0.6) is 0 Å². The third kappa shape index (κ3) is 13.8. The monoisotopic (exact) mass is 688 g/mol. The number of nitrogens with zero attached hydrogens (tertiary/aromatic N) is 1. The molecular weight excluding hydrogens is 636 g/mol. The minimum Gasteiger partial charge on any atom is -0.460 e. The largest absolute Gasteiger partial charge is 0.460 e. The Labute approximate surface area is 288 Å². The Balaban J connectivity index is 1.87. The van der Waals surface area contributed by atoms with Gasteiger partial charge in [-0.05, 0) is 57.9 Å². The Morgan fingerprint density at radius 3 is 2.02 bits per heavy atom. The van der Waals surface area contributed by atoms with Crippen LogP contribution in [0, 0.1) is 11.8 Å². The van der Waals surface area contributed by atoms with Crippen molar-refractivity contribution in [2.24, 2.45) is 11.8 Å². The molecule has 4 atom stereocenters. The second kappa shape index (κ2) is 18.7. The SMILES string of the molecule is CC(NC(=O)C(NC(=O)OC(C)(C)C)C(C)C)C(=O)N1CCCC1C(=O)NCC(=O)NC(C(=O)NCC(=O)OCc1ccccc1)C(C)C. The molecule has 0 aliphatic carbocycles. The zero-order chi connectivity index (χ0) is 36.9. The van der Waals surface area contributed by atoms with Gasteiger partial charge in [0.1, 0.15) is 42.9 Å². The fourth-order valence-corrected chi connectivity index (χ4v) is 4.99. The molecule has 2 rings (SSSR count). The van der Waals surface area contributed by atoms with Crippen LogP contribution in [0.2, 0.25) is 0 Å². The molecular formula is C34H52N6O9. The van der Waals surface area contributed by atoms with Crippen LogP contribution >= 0.6 is 0 Å². The molecule has 1 aromatic carbocycles. The molecule has 0 aromatic heterocycles. The first kappa shape index (κ1) is 40.5. The predicted octanol–water partition coefficient (Wildman–Crippen LogP) is 1.15. The topological polar surface area (TPSA) is 201 Å². The van der Waals surface area contributed by atoms with Gasteiger partial charge in [-0.1, -0.05) is 58.0 Å². The maximum Gasteiger partial charge on any atom is 0.408 e. The second-order valence-corrected chi connectivity index (χ2v) is 13.7. The van der Waals surface area contributed by atoms with Gasteiger partial charge in [0.05, 0.1) is 6.54 Å². The van der Waals surface area contributed by atoms with Crippen molar-refractivity contribution in [2.45, 2.75) is 105 Å².